The van der Waals surface area contributed by atoms with E-state index in [1.165, 1.54) is 0 Å². The number of imidazole rings is 1. The maximum atomic E-state index is 10.0. The Kier molecular flexibility index (Phi) is 7.72. The molecule has 0 spiro atoms. The van der Waals surface area contributed by atoms with Gasteiger partial charge in [-0.1, -0.05) is 6.92 Å². The number of aliphatic hydroxyl groups excluding tert-OH is 1. The molecule has 1 aliphatic rings. The zero-order chi connectivity index (χ0) is 27.7. The minimum absolute atomic E-state index is 0.0289. The first-order valence-corrected chi connectivity index (χ1v) is 13.7. The van der Waals surface area contributed by atoms with Gasteiger partial charge >= 0.3 is 0 Å². The van der Waals surface area contributed by atoms with Gasteiger partial charge in [-0.3, -0.25) is 19.0 Å². The second-order valence-electron chi connectivity index (χ2n) is 9.93. The van der Waals surface area contributed by atoms with Crippen LogP contribution in [0.2, 0.25) is 0 Å². The molecule has 0 radical (unpaired) electrons. The highest BCUT2D eigenvalue weighted by Gasteiger charge is 2.26. The van der Waals surface area contributed by atoms with Crippen LogP contribution in [0.15, 0.2) is 18.6 Å². The van der Waals surface area contributed by atoms with Crippen LogP contribution >= 0.6 is 0 Å². The Morgan fingerprint density at radius 3 is 2.64 bits per heavy atom. The average molecular weight is 535 g/mol. The molecule has 5 rings (SSSR count). The van der Waals surface area contributed by atoms with Crippen LogP contribution in [-0.2, 0) is 13.1 Å². The van der Waals surface area contributed by atoms with Crippen molar-refractivity contribution in [2.75, 3.05) is 26.3 Å². The van der Waals surface area contributed by atoms with Gasteiger partial charge < -0.3 is 14.6 Å². The van der Waals surface area contributed by atoms with Crippen LogP contribution in [0, 0.1) is 6.92 Å². The molecule has 39 heavy (non-hydrogen) atoms. The maximum Gasteiger partial charge on any atom is 0.240 e. The minimum atomic E-state index is -0.207. The van der Waals surface area contributed by atoms with E-state index < -0.39 is 0 Å². The lowest BCUT2D eigenvalue weighted by atomic mass is 10.1. The van der Waals surface area contributed by atoms with Crippen LogP contribution < -0.4 is 9.47 Å². The number of aliphatic hydroxyl groups is 1. The summed E-state index contributed by atoms with van der Waals surface area (Å²) in [6, 6.07) is -0.207. The Hall–Kier alpha value is -3.70. The fourth-order valence-electron chi connectivity index (χ4n) is 5.09. The summed E-state index contributed by atoms with van der Waals surface area (Å²) in [5, 5.41) is 19.5. The highest BCUT2D eigenvalue weighted by molar-refractivity contribution is 5.73. The molecule has 4 aromatic heterocycles. The largest absolute Gasteiger partial charge is 0.476 e. The number of hydrogen-bond acceptors (Lipinski definition) is 8. The average Bonchev–Trinajstić information content (AvgIpc) is 3.59. The lowest BCUT2D eigenvalue weighted by Gasteiger charge is -2.26. The van der Waals surface area contributed by atoms with E-state index in [4.69, 9.17) is 24.7 Å². The van der Waals surface area contributed by atoms with Gasteiger partial charge in [-0.15, -0.1) is 5.10 Å². The van der Waals surface area contributed by atoms with E-state index in [1.54, 1.807) is 0 Å². The molecule has 2 bridgehead atoms. The van der Waals surface area contributed by atoms with Crippen LogP contribution in [0.25, 0.3) is 28.9 Å². The van der Waals surface area contributed by atoms with Crippen LogP contribution in [0.3, 0.4) is 0 Å². The van der Waals surface area contributed by atoms with Gasteiger partial charge in [-0.2, -0.15) is 5.10 Å². The van der Waals surface area contributed by atoms with E-state index in [0.29, 0.717) is 32.1 Å². The summed E-state index contributed by atoms with van der Waals surface area (Å²) in [6.45, 7) is 15.4. The summed E-state index contributed by atoms with van der Waals surface area (Å²) in [7, 11) is 0. The molecule has 4 aromatic rings. The van der Waals surface area contributed by atoms with Crippen molar-refractivity contribution in [3.8, 4) is 23.0 Å². The van der Waals surface area contributed by atoms with Gasteiger partial charge in [-0.25, -0.2) is 9.67 Å². The molecular formula is C28H38N8O3. The van der Waals surface area contributed by atoms with Crippen molar-refractivity contribution in [1.29, 1.82) is 0 Å². The Morgan fingerprint density at radius 2 is 1.92 bits per heavy atom. The molecule has 0 aliphatic carbocycles. The van der Waals surface area contributed by atoms with Crippen molar-refractivity contribution in [2.45, 2.75) is 66.8 Å². The molecule has 0 unspecified atom stereocenters. The number of aromatic nitrogens is 7. The summed E-state index contributed by atoms with van der Waals surface area (Å²) in [6.07, 6.45) is 9.49. The van der Waals surface area contributed by atoms with Gasteiger partial charge in [0.05, 0.1) is 65.4 Å². The maximum absolute atomic E-state index is 10.0. The van der Waals surface area contributed by atoms with Crippen molar-refractivity contribution in [2.24, 2.45) is 0 Å². The first kappa shape index (κ1) is 26.9. The Bertz CT molecular complexity index is 1480. The third-order valence-corrected chi connectivity index (χ3v) is 7.10. The van der Waals surface area contributed by atoms with Crippen LogP contribution in [0.1, 0.15) is 63.4 Å². The molecule has 0 aromatic carbocycles. The van der Waals surface area contributed by atoms with E-state index >= 15 is 0 Å². The second-order valence-corrected chi connectivity index (χ2v) is 9.93. The van der Waals surface area contributed by atoms with Crippen LogP contribution in [-0.4, -0.2) is 76.3 Å². The van der Waals surface area contributed by atoms with Gasteiger partial charge in [-0.05, 0) is 53.3 Å². The standard InChI is InChI=1S/C28H38N8O3/c1-7-33-14-19(5)39-28-26(20(6)31-35(28)8-2)23-15-34-21(12-29-23)13-30-25(34)11-10-22-24(16-33)36(18(4)17-37)32-27(22)38-9-3/h10-13,15,18-19,37H,7-9,14,16-17H2,1-6H3/b11-10+/t18-,19-/m0/s1. The molecule has 0 fully saturated rings. The molecule has 2 atom stereocenters. The predicted octanol–water partition coefficient (Wildman–Crippen LogP) is 3.84. The fourth-order valence-corrected chi connectivity index (χ4v) is 5.09. The Labute approximate surface area is 228 Å². The first-order chi connectivity index (χ1) is 18.9. The van der Waals surface area contributed by atoms with E-state index in [9.17, 15) is 5.11 Å². The van der Waals surface area contributed by atoms with E-state index in [-0.39, 0.29) is 18.8 Å². The zero-order valence-electron chi connectivity index (χ0n) is 23.6. The van der Waals surface area contributed by atoms with Crippen molar-refractivity contribution in [1.82, 2.24) is 38.8 Å². The summed E-state index contributed by atoms with van der Waals surface area (Å²) < 4.78 is 18.4. The molecule has 0 saturated heterocycles. The molecular weight excluding hydrogens is 496 g/mol. The van der Waals surface area contributed by atoms with Gasteiger partial charge in [0.25, 0.3) is 0 Å². The van der Waals surface area contributed by atoms with Crippen molar-refractivity contribution < 1.29 is 14.6 Å². The summed E-state index contributed by atoms with van der Waals surface area (Å²) in [5.41, 5.74) is 5.26. The topological polar surface area (TPSA) is 108 Å². The SMILES string of the molecule is CCOc1nn([C@@H](C)CO)c2c1/C=C/c1ncc3cnc(cn13)-c1c(C)nn(CC)c1O[C@@H](C)CN(CC)C2. The zero-order valence-corrected chi connectivity index (χ0v) is 23.6. The monoisotopic (exact) mass is 534 g/mol. The number of ether oxygens (including phenoxy) is 2. The van der Waals surface area contributed by atoms with Gasteiger partial charge in [0.15, 0.2) is 0 Å². The fraction of sp³-hybridized carbons (Fsp3) is 0.500. The lowest BCUT2D eigenvalue weighted by molar-refractivity contribution is 0.131. The number of fused-ring (bicyclic) bond motifs is 4. The normalized spacial score (nSPS) is 17.8. The van der Waals surface area contributed by atoms with Gasteiger partial charge in [0, 0.05) is 25.8 Å². The molecule has 1 aliphatic heterocycles. The molecule has 0 saturated carbocycles. The third-order valence-electron chi connectivity index (χ3n) is 7.10. The second kappa shape index (κ2) is 11.2. The number of nitrogens with zero attached hydrogens (tertiary/aromatic N) is 8. The molecule has 1 N–H and O–H groups in total. The van der Waals surface area contributed by atoms with Crippen molar-refractivity contribution in [3.05, 3.63) is 41.4 Å². The van der Waals surface area contributed by atoms with E-state index in [0.717, 1.165) is 52.0 Å². The van der Waals surface area contributed by atoms with Gasteiger partial charge in [0.2, 0.25) is 11.8 Å². The summed E-state index contributed by atoms with van der Waals surface area (Å²) >= 11 is 0. The highest BCUT2D eigenvalue weighted by atomic mass is 16.5. The van der Waals surface area contributed by atoms with Crippen LogP contribution in [0.4, 0.5) is 0 Å². The smallest absolute Gasteiger partial charge is 0.240 e. The predicted molar refractivity (Wildman–Crippen MR) is 150 cm³/mol. The molecule has 208 valence electrons. The van der Waals surface area contributed by atoms with Crippen molar-refractivity contribution in [3.63, 3.8) is 0 Å². The first-order valence-electron chi connectivity index (χ1n) is 13.7. The third kappa shape index (κ3) is 5.04. The Balaban J connectivity index is 1.73. The molecule has 11 heteroatoms. The number of aryl methyl sites for hydroxylation is 2. The number of hydrogen-bond donors (Lipinski definition) is 1. The summed E-state index contributed by atoms with van der Waals surface area (Å²) in [5.74, 6) is 2.02. The quantitative estimate of drug-likeness (QED) is 0.398. The van der Waals surface area contributed by atoms with E-state index in [1.807, 2.05) is 65.3 Å². The Morgan fingerprint density at radius 1 is 1.13 bits per heavy atom. The highest BCUT2D eigenvalue weighted by Crippen LogP contribution is 2.34. The lowest BCUT2D eigenvalue weighted by Crippen LogP contribution is -2.35. The number of rotatable bonds is 6. The molecule has 0 amide bonds. The van der Waals surface area contributed by atoms with Gasteiger partial charge in [0.1, 0.15) is 11.9 Å². The van der Waals surface area contributed by atoms with E-state index in [2.05, 4.69) is 30.7 Å². The van der Waals surface area contributed by atoms with Crippen LogP contribution in [0.5, 0.6) is 11.8 Å². The number of likely N-dealkylation sites (N-methyl/N-ethyl adjacent to an activating group) is 1. The summed E-state index contributed by atoms with van der Waals surface area (Å²) in [4.78, 5) is 11.7. The van der Waals surface area contributed by atoms with Crippen molar-refractivity contribution >= 4 is 17.7 Å². The minimum Gasteiger partial charge on any atom is -0.476 e. The molecule has 5 heterocycles. The molecule has 11 nitrogen and oxygen atoms in total.